The van der Waals surface area contributed by atoms with Gasteiger partial charge in [0.15, 0.2) is 0 Å². The third-order valence-electron chi connectivity index (χ3n) is 3.61. The van der Waals surface area contributed by atoms with Crippen molar-refractivity contribution in [2.75, 3.05) is 6.61 Å². The average Bonchev–Trinajstić information content (AvgIpc) is 2.59. The van der Waals surface area contributed by atoms with Crippen molar-refractivity contribution in [3.63, 3.8) is 0 Å². The van der Waals surface area contributed by atoms with Gasteiger partial charge in [-0.1, -0.05) is 43.3 Å². The van der Waals surface area contributed by atoms with Gasteiger partial charge in [-0.05, 0) is 42.2 Å². The molecule has 0 saturated carbocycles. The molecule has 2 aromatic carbocycles. The smallest absolute Gasteiger partial charge is 0.338 e. The Morgan fingerprint density at radius 1 is 0.958 bits per heavy atom. The lowest BCUT2D eigenvalue weighted by Gasteiger charge is -2.12. The zero-order chi connectivity index (χ0) is 17.5. The highest BCUT2D eigenvalue weighted by atomic mass is 16.5. The minimum atomic E-state index is -0.297. The molecule has 0 radical (unpaired) electrons. The molecule has 0 aromatic heterocycles. The van der Waals surface area contributed by atoms with Crippen LogP contribution in [0.25, 0.3) is 11.1 Å². The fraction of sp³-hybridized carbons (Fsp3) is 0.300. The molecule has 126 valence electrons. The lowest BCUT2D eigenvalue weighted by molar-refractivity contribution is -0.145. The van der Waals surface area contributed by atoms with E-state index in [0.29, 0.717) is 12.2 Å². The summed E-state index contributed by atoms with van der Waals surface area (Å²) in [5, 5.41) is 0. The molecular formula is C20H22O4. The Balaban J connectivity index is 2.09. The van der Waals surface area contributed by atoms with E-state index in [-0.39, 0.29) is 18.0 Å². The van der Waals surface area contributed by atoms with Gasteiger partial charge >= 0.3 is 11.9 Å². The van der Waals surface area contributed by atoms with Crippen molar-refractivity contribution in [2.45, 2.75) is 33.3 Å². The van der Waals surface area contributed by atoms with Gasteiger partial charge in [-0.2, -0.15) is 0 Å². The van der Waals surface area contributed by atoms with Crippen LogP contribution in [0.15, 0.2) is 48.5 Å². The van der Waals surface area contributed by atoms with E-state index in [4.69, 9.17) is 9.47 Å². The summed E-state index contributed by atoms with van der Waals surface area (Å²) in [5.41, 5.74) is 3.52. The molecule has 1 unspecified atom stereocenters. The van der Waals surface area contributed by atoms with Crippen LogP contribution in [-0.4, -0.2) is 18.5 Å². The molecule has 2 rings (SSSR count). The number of rotatable bonds is 6. The first kappa shape index (κ1) is 17.7. The van der Waals surface area contributed by atoms with Crippen molar-refractivity contribution in [1.29, 1.82) is 0 Å². The molecule has 0 bridgehead atoms. The fourth-order valence-electron chi connectivity index (χ4n) is 2.34. The van der Waals surface area contributed by atoms with Gasteiger partial charge in [0.2, 0.25) is 0 Å². The molecule has 1 atom stereocenters. The Bertz CT molecular complexity index is 687. The molecule has 4 nitrogen and oxygen atoms in total. The first-order valence-electron chi connectivity index (χ1n) is 8.06. The maximum absolute atomic E-state index is 11.8. The van der Waals surface area contributed by atoms with Crippen LogP contribution in [0.3, 0.4) is 0 Å². The molecule has 0 amide bonds. The second-order valence-electron chi connectivity index (χ2n) is 5.59. The highest BCUT2D eigenvalue weighted by Gasteiger charge is 2.10. The molecule has 0 aliphatic carbocycles. The van der Waals surface area contributed by atoms with E-state index in [2.05, 4.69) is 0 Å². The number of esters is 2. The van der Waals surface area contributed by atoms with Crippen LogP contribution in [0, 0.1) is 0 Å². The number of carbonyl (C=O) groups is 2. The third kappa shape index (κ3) is 4.69. The summed E-state index contributed by atoms with van der Waals surface area (Å²) < 4.78 is 10.3. The molecule has 0 fully saturated rings. The van der Waals surface area contributed by atoms with Crippen molar-refractivity contribution in [1.82, 2.24) is 0 Å². The molecule has 0 aliphatic heterocycles. The van der Waals surface area contributed by atoms with Gasteiger partial charge in [-0.25, -0.2) is 4.79 Å². The maximum atomic E-state index is 11.8. The Morgan fingerprint density at radius 3 is 2.00 bits per heavy atom. The van der Waals surface area contributed by atoms with Crippen LogP contribution in [0.5, 0.6) is 0 Å². The van der Waals surface area contributed by atoms with Crippen molar-refractivity contribution < 1.29 is 19.1 Å². The summed E-state index contributed by atoms with van der Waals surface area (Å²) >= 11 is 0. The Kier molecular flexibility index (Phi) is 6.13. The molecule has 24 heavy (non-hydrogen) atoms. The number of ether oxygens (including phenoxy) is 2. The number of carbonyl (C=O) groups excluding carboxylic acids is 2. The normalized spacial score (nSPS) is 11.6. The summed E-state index contributed by atoms with van der Waals surface area (Å²) in [6, 6.07) is 15.1. The second kappa shape index (κ2) is 8.29. The molecule has 0 heterocycles. The van der Waals surface area contributed by atoms with Gasteiger partial charge in [0.1, 0.15) is 6.10 Å². The quantitative estimate of drug-likeness (QED) is 0.731. The summed E-state index contributed by atoms with van der Waals surface area (Å²) in [6.07, 6.45) is 0.536. The van der Waals surface area contributed by atoms with Gasteiger partial charge < -0.3 is 9.47 Å². The predicted molar refractivity (Wildman–Crippen MR) is 92.6 cm³/mol. The van der Waals surface area contributed by atoms with E-state index in [1.54, 1.807) is 12.1 Å². The minimum Gasteiger partial charge on any atom is -0.462 e. The Morgan fingerprint density at radius 2 is 1.50 bits per heavy atom. The Hall–Kier alpha value is -2.62. The SMILES string of the molecule is CCCOC(=O)c1ccc(-c2ccc(C(C)OC(C)=O)cc2)cc1. The first-order chi connectivity index (χ1) is 11.5. The minimum absolute atomic E-state index is 0.271. The van der Waals surface area contributed by atoms with E-state index >= 15 is 0 Å². The average molecular weight is 326 g/mol. The highest BCUT2D eigenvalue weighted by molar-refractivity contribution is 5.90. The lowest BCUT2D eigenvalue weighted by Crippen LogP contribution is -2.05. The van der Waals surface area contributed by atoms with Crippen LogP contribution in [0.1, 0.15) is 49.2 Å². The van der Waals surface area contributed by atoms with E-state index in [9.17, 15) is 9.59 Å². The predicted octanol–water partition coefficient (Wildman–Crippen LogP) is 4.54. The molecule has 4 heteroatoms. The molecule has 0 N–H and O–H groups in total. The molecule has 0 aliphatic rings. The van der Waals surface area contributed by atoms with Gasteiger partial charge in [0.05, 0.1) is 12.2 Å². The van der Waals surface area contributed by atoms with Crippen molar-refractivity contribution in [2.24, 2.45) is 0 Å². The van der Waals surface area contributed by atoms with Crippen LogP contribution in [0.4, 0.5) is 0 Å². The van der Waals surface area contributed by atoms with Crippen molar-refractivity contribution >= 4 is 11.9 Å². The highest BCUT2D eigenvalue weighted by Crippen LogP contribution is 2.24. The van der Waals surface area contributed by atoms with E-state index in [1.165, 1.54) is 6.92 Å². The van der Waals surface area contributed by atoms with Crippen LogP contribution in [0.2, 0.25) is 0 Å². The molecule has 2 aromatic rings. The maximum Gasteiger partial charge on any atom is 0.338 e. The van der Waals surface area contributed by atoms with E-state index in [1.807, 2.05) is 50.2 Å². The van der Waals surface area contributed by atoms with Crippen LogP contribution in [-0.2, 0) is 14.3 Å². The number of hydrogen-bond donors (Lipinski definition) is 0. The Labute approximate surface area is 142 Å². The first-order valence-corrected chi connectivity index (χ1v) is 8.06. The lowest BCUT2D eigenvalue weighted by atomic mass is 10.0. The zero-order valence-corrected chi connectivity index (χ0v) is 14.2. The largest absolute Gasteiger partial charge is 0.462 e. The molecular weight excluding hydrogens is 304 g/mol. The van der Waals surface area contributed by atoms with Crippen molar-refractivity contribution in [3.05, 3.63) is 59.7 Å². The van der Waals surface area contributed by atoms with Gasteiger partial charge in [0, 0.05) is 6.92 Å². The van der Waals surface area contributed by atoms with Crippen LogP contribution < -0.4 is 0 Å². The number of benzene rings is 2. The molecule has 0 spiro atoms. The van der Waals surface area contributed by atoms with Gasteiger partial charge in [-0.3, -0.25) is 4.79 Å². The summed E-state index contributed by atoms with van der Waals surface area (Å²) in [6.45, 7) is 5.63. The van der Waals surface area contributed by atoms with Gasteiger partial charge in [0.25, 0.3) is 0 Å². The molecule has 0 saturated heterocycles. The summed E-state index contributed by atoms with van der Waals surface area (Å²) in [7, 11) is 0. The topological polar surface area (TPSA) is 52.6 Å². The van der Waals surface area contributed by atoms with Crippen molar-refractivity contribution in [3.8, 4) is 11.1 Å². The summed E-state index contributed by atoms with van der Waals surface area (Å²) in [5.74, 6) is -0.592. The monoisotopic (exact) mass is 326 g/mol. The number of hydrogen-bond acceptors (Lipinski definition) is 4. The van der Waals surface area contributed by atoms with E-state index in [0.717, 1.165) is 23.1 Å². The van der Waals surface area contributed by atoms with Gasteiger partial charge in [-0.15, -0.1) is 0 Å². The third-order valence-corrected chi connectivity index (χ3v) is 3.61. The van der Waals surface area contributed by atoms with E-state index < -0.39 is 0 Å². The summed E-state index contributed by atoms with van der Waals surface area (Å²) in [4.78, 5) is 22.8. The fourth-order valence-corrected chi connectivity index (χ4v) is 2.34. The second-order valence-corrected chi connectivity index (χ2v) is 5.59. The zero-order valence-electron chi connectivity index (χ0n) is 14.2. The van der Waals surface area contributed by atoms with Crippen LogP contribution >= 0.6 is 0 Å². The standard InChI is InChI=1S/C20H22O4/c1-4-13-23-20(22)19-11-9-18(10-12-19)17-7-5-16(6-8-17)14(2)24-15(3)21/h5-12,14H,4,13H2,1-3H3.